The highest BCUT2D eigenvalue weighted by Gasteiger charge is 2.40. The van der Waals surface area contributed by atoms with E-state index in [1.54, 1.807) is 24.3 Å². The Morgan fingerprint density at radius 2 is 1.97 bits per heavy atom. The highest BCUT2D eigenvalue weighted by atomic mass is 79.9. The predicted octanol–water partition coefficient (Wildman–Crippen LogP) is 0.763. The van der Waals surface area contributed by atoms with Crippen molar-refractivity contribution < 1.29 is 29.3 Å². The van der Waals surface area contributed by atoms with Gasteiger partial charge in [0.1, 0.15) is 12.1 Å². The Hall–Kier alpha value is -2.23. The summed E-state index contributed by atoms with van der Waals surface area (Å²) in [7, 11) is 1.27. The third kappa shape index (κ3) is 4.52. The number of hydrogen-bond acceptors (Lipinski definition) is 6. The number of nitrogens with one attached hydrogen (secondary N) is 1. The lowest BCUT2D eigenvalue weighted by atomic mass is 9.89. The van der Waals surface area contributed by atoms with Crippen LogP contribution in [-0.2, 0) is 14.3 Å². The molecule has 1 fully saturated rings. The van der Waals surface area contributed by atoms with Crippen molar-refractivity contribution in [1.29, 1.82) is 0 Å². The molecule has 1 aromatic rings. The SMILES string of the molecule is COC(=O)[C@@H]1CCCN1C(=O)C1=C[C@@H](NC(=O)c2ccccc2Br)[C@@H](O)[C@H](O)C1. The zero-order valence-corrected chi connectivity index (χ0v) is 17.5. The van der Waals surface area contributed by atoms with Crippen LogP contribution in [0, 0.1) is 0 Å². The molecule has 0 radical (unpaired) electrons. The van der Waals surface area contributed by atoms with Crippen LogP contribution in [0.15, 0.2) is 40.4 Å². The number of aliphatic hydroxyl groups excluding tert-OH is 2. The average Bonchev–Trinajstić information content (AvgIpc) is 3.20. The van der Waals surface area contributed by atoms with E-state index in [0.717, 1.165) is 0 Å². The number of halogens is 1. The standard InChI is InChI=1S/C20H23BrN2O6/c1-29-20(28)15-7-4-8-23(15)19(27)11-9-14(17(25)16(24)10-11)22-18(26)12-5-2-3-6-13(12)21/h2-3,5-6,9,14-17,24-25H,4,7-8,10H2,1H3,(H,22,26)/t14-,15+,16-,17-/m1/s1. The second-order valence-corrected chi connectivity index (χ2v) is 7.97. The van der Waals surface area contributed by atoms with Crippen molar-refractivity contribution in [3.05, 3.63) is 46.0 Å². The zero-order valence-electron chi connectivity index (χ0n) is 15.9. The van der Waals surface area contributed by atoms with Crippen molar-refractivity contribution in [1.82, 2.24) is 10.2 Å². The number of benzene rings is 1. The molecular weight excluding hydrogens is 444 g/mol. The Bertz CT molecular complexity index is 842. The average molecular weight is 467 g/mol. The maximum absolute atomic E-state index is 13.0. The maximum Gasteiger partial charge on any atom is 0.328 e. The smallest absolute Gasteiger partial charge is 0.328 e. The highest BCUT2D eigenvalue weighted by molar-refractivity contribution is 9.10. The molecule has 2 aliphatic rings. The van der Waals surface area contributed by atoms with Gasteiger partial charge in [-0.15, -0.1) is 0 Å². The normalized spacial score (nSPS) is 26.6. The maximum atomic E-state index is 13.0. The molecular formula is C20H23BrN2O6. The molecule has 1 aromatic carbocycles. The van der Waals surface area contributed by atoms with Crippen molar-refractivity contribution in [2.24, 2.45) is 0 Å². The van der Waals surface area contributed by atoms with E-state index in [1.165, 1.54) is 18.1 Å². The number of aliphatic hydroxyl groups is 2. The van der Waals surface area contributed by atoms with E-state index in [1.807, 2.05) is 0 Å². The van der Waals surface area contributed by atoms with Gasteiger partial charge in [0.2, 0.25) is 5.91 Å². The molecule has 4 atom stereocenters. The van der Waals surface area contributed by atoms with Crippen LogP contribution in [0.4, 0.5) is 0 Å². The molecule has 3 rings (SSSR count). The van der Waals surface area contributed by atoms with Crippen LogP contribution in [0.5, 0.6) is 0 Å². The first-order valence-electron chi connectivity index (χ1n) is 9.34. The number of likely N-dealkylation sites (tertiary alicyclic amines) is 1. The lowest BCUT2D eigenvalue weighted by Gasteiger charge is -2.33. The van der Waals surface area contributed by atoms with Gasteiger partial charge in [0.25, 0.3) is 5.91 Å². The fraction of sp³-hybridized carbons (Fsp3) is 0.450. The summed E-state index contributed by atoms with van der Waals surface area (Å²) in [6.45, 7) is 0.405. The van der Waals surface area contributed by atoms with Crippen LogP contribution in [0.3, 0.4) is 0 Å². The molecule has 156 valence electrons. The Labute approximate surface area is 176 Å². The van der Waals surface area contributed by atoms with Gasteiger partial charge in [0.15, 0.2) is 0 Å². The number of nitrogens with zero attached hydrogens (tertiary/aromatic N) is 1. The molecule has 0 bridgehead atoms. The van der Waals surface area contributed by atoms with Crippen LogP contribution in [-0.4, -0.2) is 70.8 Å². The van der Waals surface area contributed by atoms with E-state index in [2.05, 4.69) is 21.2 Å². The van der Waals surface area contributed by atoms with Gasteiger partial charge < -0.3 is 25.2 Å². The minimum absolute atomic E-state index is 0.0637. The van der Waals surface area contributed by atoms with Gasteiger partial charge in [0.05, 0.1) is 24.8 Å². The minimum atomic E-state index is -1.26. The van der Waals surface area contributed by atoms with Crippen molar-refractivity contribution >= 4 is 33.7 Å². The largest absolute Gasteiger partial charge is 0.467 e. The lowest BCUT2D eigenvalue weighted by Crippen LogP contribution is -2.51. The minimum Gasteiger partial charge on any atom is -0.467 e. The molecule has 1 saturated heterocycles. The summed E-state index contributed by atoms with van der Waals surface area (Å²) in [6, 6.07) is 5.20. The van der Waals surface area contributed by atoms with Crippen molar-refractivity contribution in [2.45, 2.75) is 43.6 Å². The van der Waals surface area contributed by atoms with Crippen LogP contribution in [0.1, 0.15) is 29.6 Å². The molecule has 29 heavy (non-hydrogen) atoms. The predicted molar refractivity (Wildman–Crippen MR) is 107 cm³/mol. The fourth-order valence-corrected chi connectivity index (χ4v) is 4.17. The summed E-state index contributed by atoms with van der Waals surface area (Å²) in [6.07, 6.45) is 0.105. The molecule has 3 N–H and O–H groups in total. The molecule has 8 nitrogen and oxygen atoms in total. The topological polar surface area (TPSA) is 116 Å². The lowest BCUT2D eigenvalue weighted by molar-refractivity contribution is -0.150. The number of rotatable bonds is 4. The molecule has 1 aliphatic heterocycles. The number of carbonyl (C=O) groups excluding carboxylic acids is 3. The van der Waals surface area contributed by atoms with Crippen molar-refractivity contribution in [3.8, 4) is 0 Å². The van der Waals surface area contributed by atoms with E-state index >= 15 is 0 Å². The van der Waals surface area contributed by atoms with E-state index < -0.39 is 42.1 Å². The Kier molecular flexibility index (Phi) is 6.71. The summed E-state index contributed by atoms with van der Waals surface area (Å²) in [5, 5.41) is 23.2. The zero-order chi connectivity index (χ0) is 21.1. The van der Waals surface area contributed by atoms with E-state index in [0.29, 0.717) is 29.4 Å². The number of carbonyl (C=O) groups is 3. The van der Waals surface area contributed by atoms with Gasteiger partial charge >= 0.3 is 5.97 Å². The van der Waals surface area contributed by atoms with Gasteiger partial charge in [0, 0.05) is 23.0 Å². The molecule has 1 heterocycles. The van der Waals surface area contributed by atoms with Crippen molar-refractivity contribution in [2.75, 3.05) is 13.7 Å². The quantitative estimate of drug-likeness (QED) is 0.564. The number of methoxy groups -OCH3 is 1. The van der Waals surface area contributed by atoms with E-state index in [9.17, 15) is 24.6 Å². The van der Waals surface area contributed by atoms with Crippen LogP contribution in [0.2, 0.25) is 0 Å². The van der Waals surface area contributed by atoms with Gasteiger partial charge in [-0.1, -0.05) is 18.2 Å². The molecule has 0 unspecified atom stereocenters. The first-order valence-corrected chi connectivity index (χ1v) is 10.1. The summed E-state index contributed by atoms with van der Waals surface area (Å²) in [4.78, 5) is 38.9. The van der Waals surface area contributed by atoms with Gasteiger partial charge in [-0.25, -0.2) is 4.79 Å². The first kappa shape index (κ1) is 21.5. The van der Waals surface area contributed by atoms with Gasteiger partial charge in [-0.3, -0.25) is 9.59 Å². The molecule has 1 aliphatic carbocycles. The molecule has 0 aromatic heterocycles. The summed E-state index contributed by atoms with van der Waals surface area (Å²) < 4.78 is 5.36. The highest BCUT2D eigenvalue weighted by Crippen LogP contribution is 2.27. The van der Waals surface area contributed by atoms with E-state index in [-0.39, 0.29) is 12.0 Å². The van der Waals surface area contributed by atoms with Crippen LogP contribution < -0.4 is 5.32 Å². The molecule has 0 saturated carbocycles. The third-order valence-corrected chi connectivity index (χ3v) is 5.94. The van der Waals surface area contributed by atoms with Gasteiger partial charge in [-0.05, 0) is 40.9 Å². The van der Waals surface area contributed by atoms with Crippen LogP contribution in [0.25, 0.3) is 0 Å². The number of amides is 2. The fourth-order valence-electron chi connectivity index (χ4n) is 3.70. The summed E-state index contributed by atoms with van der Waals surface area (Å²) >= 11 is 3.30. The Balaban J connectivity index is 1.80. The Morgan fingerprint density at radius 1 is 1.24 bits per heavy atom. The number of hydrogen-bond donors (Lipinski definition) is 3. The van der Waals surface area contributed by atoms with Crippen LogP contribution >= 0.6 is 15.9 Å². The summed E-state index contributed by atoms with van der Waals surface area (Å²) in [5.41, 5.74) is 0.613. The second kappa shape index (κ2) is 9.06. The van der Waals surface area contributed by atoms with E-state index in [4.69, 9.17) is 4.74 Å². The Morgan fingerprint density at radius 3 is 2.66 bits per heavy atom. The third-order valence-electron chi connectivity index (χ3n) is 5.25. The van der Waals surface area contributed by atoms with Crippen molar-refractivity contribution in [3.63, 3.8) is 0 Å². The molecule has 0 spiro atoms. The second-order valence-electron chi connectivity index (χ2n) is 7.11. The van der Waals surface area contributed by atoms with Gasteiger partial charge in [-0.2, -0.15) is 0 Å². The summed E-state index contributed by atoms with van der Waals surface area (Å²) in [5.74, 6) is -1.33. The molecule has 9 heteroatoms. The monoisotopic (exact) mass is 466 g/mol. The number of ether oxygens (including phenoxy) is 1. The molecule has 2 amide bonds. The first-order chi connectivity index (χ1) is 13.8. The number of esters is 1.